The van der Waals surface area contributed by atoms with Crippen LogP contribution in [0, 0.1) is 17.1 Å². The Bertz CT molecular complexity index is 846. The summed E-state index contributed by atoms with van der Waals surface area (Å²) in [5, 5.41) is 10.0. The minimum Gasteiger partial charge on any atom is -0.494 e. The molecule has 21 heavy (non-hydrogen) atoms. The summed E-state index contributed by atoms with van der Waals surface area (Å²) in [7, 11) is 1.45. The number of fused-ring (bicyclic) bond motifs is 1. The fourth-order valence-electron chi connectivity index (χ4n) is 2.40. The number of nitrogens with zero attached hydrogens (tertiary/aromatic N) is 2. The van der Waals surface area contributed by atoms with Crippen LogP contribution in [-0.2, 0) is 6.54 Å². The van der Waals surface area contributed by atoms with E-state index in [1.807, 2.05) is 35.0 Å². The highest BCUT2D eigenvalue weighted by atomic mass is 19.1. The van der Waals surface area contributed by atoms with E-state index in [0.717, 1.165) is 16.5 Å². The lowest BCUT2D eigenvalue weighted by atomic mass is 10.1. The van der Waals surface area contributed by atoms with Crippen molar-refractivity contribution in [2.75, 3.05) is 7.11 Å². The van der Waals surface area contributed by atoms with Gasteiger partial charge in [-0.05, 0) is 41.3 Å². The topological polar surface area (TPSA) is 38.0 Å². The molecule has 0 saturated carbocycles. The average Bonchev–Trinajstić information content (AvgIpc) is 2.90. The fourth-order valence-corrected chi connectivity index (χ4v) is 2.40. The van der Waals surface area contributed by atoms with Gasteiger partial charge < -0.3 is 9.30 Å². The zero-order valence-electron chi connectivity index (χ0n) is 11.5. The number of hydrogen-bond acceptors (Lipinski definition) is 2. The molecule has 0 amide bonds. The minimum absolute atomic E-state index is 0.239. The Morgan fingerprint density at radius 2 is 2.05 bits per heavy atom. The van der Waals surface area contributed by atoms with E-state index in [4.69, 9.17) is 10.00 Å². The molecule has 0 bridgehead atoms. The summed E-state index contributed by atoms with van der Waals surface area (Å²) in [4.78, 5) is 0. The van der Waals surface area contributed by atoms with Gasteiger partial charge in [0.05, 0.1) is 18.7 Å². The van der Waals surface area contributed by atoms with Crippen molar-refractivity contribution in [3.05, 3.63) is 65.6 Å². The van der Waals surface area contributed by atoms with Crippen molar-refractivity contribution in [3.8, 4) is 11.8 Å². The number of ether oxygens (including phenoxy) is 1. The molecule has 104 valence electrons. The predicted molar refractivity (Wildman–Crippen MR) is 78.7 cm³/mol. The van der Waals surface area contributed by atoms with Gasteiger partial charge in [0, 0.05) is 18.3 Å². The Balaban J connectivity index is 1.98. The summed E-state index contributed by atoms with van der Waals surface area (Å²) in [6.07, 6.45) is 1.94. The zero-order chi connectivity index (χ0) is 14.8. The van der Waals surface area contributed by atoms with E-state index in [1.54, 1.807) is 12.1 Å². The van der Waals surface area contributed by atoms with Crippen molar-refractivity contribution in [3.63, 3.8) is 0 Å². The van der Waals surface area contributed by atoms with Crippen LogP contribution in [0.2, 0.25) is 0 Å². The third-order valence-corrected chi connectivity index (χ3v) is 3.47. The summed E-state index contributed by atoms with van der Waals surface area (Å²) >= 11 is 0. The first-order valence-electron chi connectivity index (χ1n) is 6.52. The molecule has 0 aliphatic carbocycles. The molecule has 3 rings (SSSR count). The summed E-state index contributed by atoms with van der Waals surface area (Å²) in [5.41, 5.74) is 2.42. The van der Waals surface area contributed by atoms with Crippen LogP contribution in [0.15, 0.2) is 48.7 Å². The number of aromatic nitrogens is 1. The summed E-state index contributed by atoms with van der Waals surface area (Å²) < 4.78 is 20.6. The lowest BCUT2D eigenvalue weighted by molar-refractivity contribution is 0.386. The maximum absolute atomic E-state index is 13.7. The molecule has 1 heterocycles. The molecule has 0 N–H and O–H groups in total. The third-order valence-electron chi connectivity index (χ3n) is 3.47. The van der Waals surface area contributed by atoms with E-state index in [0.29, 0.717) is 12.1 Å². The van der Waals surface area contributed by atoms with Crippen LogP contribution in [0.5, 0.6) is 5.75 Å². The number of halogens is 1. The molecule has 0 atom stereocenters. The Kier molecular flexibility index (Phi) is 3.33. The van der Waals surface area contributed by atoms with Crippen LogP contribution in [-0.4, -0.2) is 11.7 Å². The Morgan fingerprint density at radius 3 is 2.76 bits per heavy atom. The van der Waals surface area contributed by atoms with Gasteiger partial charge in [0.15, 0.2) is 11.6 Å². The number of methoxy groups -OCH3 is 1. The first-order chi connectivity index (χ1) is 10.2. The van der Waals surface area contributed by atoms with Crippen molar-refractivity contribution in [2.24, 2.45) is 0 Å². The normalized spacial score (nSPS) is 10.5. The minimum atomic E-state index is -0.371. The van der Waals surface area contributed by atoms with Crippen molar-refractivity contribution in [1.82, 2.24) is 4.57 Å². The van der Waals surface area contributed by atoms with Gasteiger partial charge in [-0.3, -0.25) is 0 Å². The van der Waals surface area contributed by atoms with Crippen molar-refractivity contribution in [2.45, 2.75) is 6.54 Å². The van der Waals surface area contributed by atoms with Crippen LogP contribution >= 0.6 is 0 Å². The first kappa shape index (κ1) is 13.2. The molecule has 1 aromatic heterocycles. The van der Waals surface area contributed by atoms with E-state index >= 15 is 0 Å². The van der Waals surface area contributed by atoms with Gasteiger partial charge in [-0.2, -0.15) is 5.26 Å². The zero-order valence-corrected chi connectivity index (χ0v) is 11.5. The quantitative estimate of drug-likeness (QED) is 0.733. The highest BCUT2D eigenvalue weighted by molar-refractivity contribution is 5.81. The molecule has 0 unspecified atom stereocenters. The Hall–Kier alpha value is -2.80. The molecular formula is C17H13FN2O. The van der Waals surface area contributed by atoms with Gasteiger partial charge in [-0.15, -0.1) is 0 Å². The second-order valence-electron chi connectivity index (χ2n) is 4.80. The second-order valence-corrected chi connectivity index (χ2v) is 4.80. The lowest BCUT2D eigenvalue weighted by Crippen LogP contribution is -1.99. The number of nitriles is 1. The molecule has 3 nitrogen and oxygen atoms in total. The van der Waals surface area contributed by atoms with Crippen LogP contribution in [0.3, 0.4) is 0 Å². The highest BCUT2D eigenvalue weighted by Gasteiger charge is 2.06. The highest BCUT2D eigenvalue weighted by Crippen LogP contribution is 2.21. The number of benzene rings is 2. The van der Waals surface area contributed by atoms with E-state index in [2.05, 4.69) is 6.07 Å². The number of rotatable bonds is 3. The smallest absolute Gasteiger partial charge is 0.165 e. The molecule has 4 heteroatoms. The van der Waals surface area contributed by atoms with Gasteiger partial charge in [-0.1, -0.05) is 12.1 Å². The van der Waals surface area contributed by atoms with E-state index in [1.165, 1.54) is 13.2 Å². The molecule has 0 saturated heterocycles. The molecule has 0 aliphatic heterocycles. The third kappa shape index (κ3) is 2.46. The fraction of sp³-hybridized carbons (Fsp3) is 0.118. The van der Waals surface area contributed by atoms with Crippen LogP contribution in [0.4, 0.5) is 4.39 Å². The standard InChI is InChI=1S/C17H13FN2O/c1-21-17-5-3-13(8-15(17)18)11-20-7-6-14-4-2-12(10-19)9-16(14)20/h2-9H,11H2,1H3. The Morgan fingerprint density at radius 1 is 1.19 bits per heavy atom. The molecule has 0 aliphatic rings. The SMILES string of the molecule is COc1ccc(Cn2ccc3ccc(C#N)cc32)cc1F. The lowest BCUT2D eigenvalue weighted by Gasteiger charge is -2.08. The molecule has 0 fully saturated rings. The molecule has 2 aromatic carbocycles. The molecule has 3 aromatic rings. The van der Waals surface area contributed by atoms with Gasteiger partial charge in [0.1, 0.15) is 0 Å². The van der Waals surface area contributed by atoms with Gasteiger partial charge in [0.25, 0.3) is 0 Å². The Labute approximate surface area is 121 Å². The van der Waals surface area contributed by atoms with E-state index in [9.17, 15) is 4.39 Å². The van der Waals surface area contributed by atoms with Crippen LogP contribution in [0.25, 0.3) is 10.9 Å². The summed E-state index contributed by atoms with van der Waals surface area (Å²) in [6, 6.07) is 14.6. The predicted octanol–water partition coefficient (Wildman–Crippen LogP) is 3.71. The molecular weight excluding hydrogens is 267 g/mol. The summed E-state index contributed by atoms with van der Waals surface area (Å²) in [5.74, 6) is -0.132. The van der Waals surface area contributed by atoms with Gasteiger partial charge in [-0.25, -0.2) is 4.39 Å². The first-order valence-corrected chi connectivity index (χ1v) is 6.52. The van der Waals surface area contributed by atoms with E-state index in [-0.39, 0.29) is 11.6 Å². The molecule has 0 radical (unpaired) electrons. The van der Waals surface area contributed by atoms with E-state index < -0.39 is 0 Å². The van der Waals surface area contributed by atoms with Crippen molar-refractivity contribution < 1.29 is 9.13 Å². The molecule has 0 spiro atoms. The van der Waals surface area contributed by atoms with Crippen LogP contribution in [0.1, 0.15) is 11.1 Å². The second kappa shape index (κ2) is 5.29. The average molecular weight is 280 g/mol. The van der Waals surface area contributed by atoms with Gasteiger partial charge >= 0.3 is 0 Å². The monoisotopic (exact) mass is 280 g/mol. The van der Waals surface area contributed by atoms with Crippen LogP contribution < -0.4 is 4.74 Å². The maximum Gasteiger partial charge on any atom is 0.165 e. The largest absolute Gasteiger partial charge is 0.494 e. The number of hydrogen-bond donors (Lipinski definition) is 0. The summed E-state index contributed by atoms with van der Waals surface area (Å²) in [6.45, 7) is 0.541. The van der Waals surface area contributed by atoms with Crippen molar-refractivity contribution in [1.29, 1.82) is 5.26 Å². The maximum atomic E-state index is 13.7. The van der Waals surface area contributed by atoms with Gasteiger partial charge in [0.2, 0.25) is 0 Å². The van der Waals surface area contributed by atoms with Crippen molar-refractivity contribution >= 4 is 10.9 Å².